The summed E-state index contributed by atoms with van der Waals surface area (Å²) < 4.78 is 15.6. The molecule has 0 aromatic carbocycles. The highest BCUT2D eigenvalue weighted by molar-refractivity contribution is 7.99. The molecule has 3 aromatic rings. The number of rotatable bonds is 10. The third kappa shape index (κ3) is 6.53. The van der Waals surface area contributed by atoms with E-state index in [1.165, 1.54) is 0 Å². The van der Waals surface area contributed by atoms with Gasteiger partial charge in [-0.05, 0) is 43.9 Å². The molecule has 0 aliphatic rings. The first-order chi connectivity index (χ1) is 15.9. The van der Waals surface area contributed by atoms with E-state index in [0.29, 0.717) is 11.5 Å². The van der Waals surface area contributed by atoms with Crippen LogP contribution in [0.5, 0.6) is 0 Å². The molecule has 1 amide bonds. The molecule has 0 saturated heterocycles. The van der Waals surface area contributed by atoms with E-state index in [4.69, 9.17) is 13.9 Å². The van der Waals surface area contributed by atoms with Crippen molar-refractivity contribution in [2.75, 3.05) is 24.3 Å². The van der Waals surface area contributed by atoms with Crippen LogP contribution in [0.2, 0.25) is 0 Å². The zero-order valence-corrected chi connectivity index (χ0v) is 20.5. The summed E-state index contributed by atoms with van der Waals surface area (Å²) in [6.45, 7) is 5.33. The first kappa shape index (κ1) is 24.7. The third-order valence-electron chi connectivity index (χ3n) is 4.02. The van der Waals surface area contributed by atoms with Gasteiger partial charge in [0.2, 0.25) is 11.8 Å². The Hall–Kier alpha value is -2.96. The zero-order valence-electron chi connectivity index (χ0n) is 18.1. The fourth-order valence-corrected chi connectivity index (χ4v) is 4.91. The van der Waals surface area contributed by atoms with Gasteiger partial charge in [-0.1, -0.05) is 17.8 Å². The summed E-state index contributed by atoms with van der Waals surface area (Å²) in [7, 11) is 0. The molecular formula is C21H21N3O6S3. The van der Waals surface area contributed by atoms with Crippen LogP contribution in [-0.4, -0.2) is 47.0 Å². The molecule has 3 heterocycles. The quantitative estimate of drug-likeness (QED) is 0.306. The number of anilines is 1. The maximum absolute atomic E-state index is 12.5. The summed E-state index contributed by atoms with van der Waals surface area (Å²) in [4.78, 5) is 38.5. The fraction of sp³-hybridized carbons (Fsp3) is 0.286. The minimum Gasteiger partial charge on any atom is -0.462 e. The lowest BCUT2D eigenvalue weighted by Gasteiger charge is -2.06. The van der Waals surface area contributed by atoms with Gasteiger partial charge < -0.3 is 19.2 Å². The van der Waals surface area contributed by atoms with Gasteiger partial charge in [-0.25, -0.2) is 9.59 Å². The number of nitrogens with one attached hydrogen (secondary N) is 1. The number of thioether (sulfide) groups is 1. The van der Waals surface area contributed by atoms with E-state index >= 15 is 0 Å². The first-order valence-electron chi connectivity index (χ1n) is 9.88. The number of amides is 1. The van der Waals surface area contributed by atoms with E-state index in [0.717, 1.165) is 28.0 Å². The van der Waals surface area contributed by atoms with E-state index in [-0.39, 0.29) is 39.6 Å². The van der Waals surface area contributed by atoms with Gasteiger partial charge in [0, 0.05) is 11.0 Å². The van der Waals surface area contributed by atoms with Gasteiger partial charge in [0.1, 0.15) is 9.88 Å². The summed E-state index contributed by atoms with van der Waals surface area (Å²) in [5, 5.41) is 12.9. The number of hydrogen-bond acceptors (Lipinski definition) is 11. The number of esters is 2. The average Bonchev–Trinajstić information content (AvgIpc) is 3.52. The van der Waals surface area contributed by atoms with E-state index in [1.807, 2.05) is 23.6 Å². The summed E-state index contributed by atoms with van der Waals surface area (Å²) >= 11 is 3.61. The van der Waals surface area contributed by atoms with E-state index < -0.39 is 17.8 Å². The average molecular weight is 508 g/mol. The number of nitrogens with zero attached hydrogens (tertiary/aromatic N) is 2. The second kappa shape index (κ2) is 11.8. The minimum atomic E-state index is -0.621. The Labute approximate surface area is 202 Å². The maximum atomic E-state index is 12.5. The Bertz CT molecular complexity index is 1150. The van der Waals surface area contributed by atoms with Crippen molar-refractivity contribution < 1.29 is 28.3 Å². The highest BCUT2D eigenvalue weighted by Gasteiger charge is 2.27. The molecule has 1 N–H and O–H groups in total. The van der Waals surface area contributed by atoms with Crippen LogP contribution < -0.4 is 5.32 Å². The Morgan fingerprint density at radius 2 is 1.91 bits per heavy atom. The predicted molar refractivity (Wildman–Crippen MR) is 128 cm³/mol. The van der Waals surface area contributed by atoms with Gasteiger partial charge in [-0.2, -0.15) is 0 Å². The predicted octanol–water partition coefficient (Wildman–Crippen LogP) is 4.76. The molecule has 33 heavy (non-hydrogen) atoms. The van der Waals surface area contributed by atoms with Gasteiger partial charge in [0.25, 0.3) is 5.22 Å². The molecule has 0 atom stereocenters. The Morgan fingerprint density at radius 1 is 1.15 bits per heavy atom. The molecule has 0 fully saturated rings. The molecule has 12 heteroatoms. The van der Waals surface area contributed by atoms with Crippen molar-refractivity contribution in [2.24, 2.45) is 0 Å². The van der Waals surface area contributed by atoms with Crippen LogP contribution in [0.1, 0.15) is 50.2 Å². The summed E-state index contributed by atoms with van der Waals surface area (Å²) in [6.07, 6.45) is 3.55. The lowest BCUT2D eigenvalue weighted by molar-refractivity contribution is -0.113. The van der Waals surface area contributed by atoms with Crippen LogP contribution >= 0.6 is 34.4 Å². The van der Waals surface area contributed by atoms with Gasteiger partial charge >= 0.3 is 11.9 Å². The second-order valence-corrected chi connectivity index (χ2v) is 9.22. The molecule has 3 aromatic heterocycles. The largest absolute Gasteiger partial charge is 0.462 e. The number of hydrogen-bond donors (Lipinski definition) is 1. The minimum absolute atomic E-state index is 0.0375. The standard InChI is InChI=1S/C21H21N3O6S3/c1-4-28-19(26)16-12(3)17(20(27)29-5-2)33-18(16)22-14(25)11-32-21-24-23-15(30-21)9-8-13-7-6-10-31-13/h6-10H,4-5,11H2,1-3H3,(H,22,25)/b9-8+. The Balaban J connectivity index is 1.66. The molecule has 0 aliphatic carbocycles. The van der Waals surface area contributed by atoms with E-state index in [2.05, 4.69) is 15.5 Å². The highest BCUT2D eigenvalue weighted by atomic mass is 32.2. The fourth-order valence-electron chi connectivity index (χ4n) is 2.62. The van der Waals surface area contributed by atoms with Crippen LogP contribution in [0.3, 0.4) is 0 Å². The van der Waals surface area contributed by atoms with Gasteiger partial charge in [0.15, 0.2) is 0 Å². The molecule has 0 saturated carbocycles. The molecule has 0 unspecified atom stereocenters. The Kier molecular flexibility index (Phi) is 8.80. The van der Waals surface area contributed by atoms with Crippen molar-refractivity contribution >= 4 is 69.4 Å². The van der Waals surface area contributed by atoms with Crippen molar-refractivity contribution in [2.45, 2.75) is 26.0 Å². The molecule has 0 spiro atoms. The molecule has 174 valence electrons. The van der Waals surface area contributed by atoms with Crippen LogP contribution in [-0.2, 0) is 14.3 Å². The van der Waals surface area contributed by atoms with Crippen LogP contribution in [0.15, 0.2) is 27.2 Å². The van der Waals surface area contributed by atoms with Gasteiger partial charge in [-0.15, -0.1) is 32.9 Å². The summed E-state index contributed by atoms with van der Waals surface area (Å²) in [6, 6.07) is 3.90. The normalized spacial score (nSPS) is 11.0. The van der Waals surface area contributed by atoms with Crippen molar-refractivity contribution in [3.8, 4) is 0 Å². The lowest BCUT2D eigenvalue weighted by Crippen LogP contribution is -2.16. The van der Waals surface area contributed by atoms with Crippen molar-refractivity contribution in [1.29, 1.82) is 0 Å². The van der Waals surface area contributed by atoms with Gasteiger partial charge in [-0.3, -0.25) is 4.79 Å². The topological polar surface area (TPSA) is 121 Å². The van der Waals surface area contributed by atoms with Crippen molar-refractivity contribution in [3.05, 3.63) is 44.3 Å². The lowest BCUT2D eigenvalue weighted by atomic mass is 10.1. The maximum Gasteiger partial charge on any atom is 0.348 e. The van der Waals surface area contributed by atoms with Gasteiger partial charge in [0.05, 0.1) is 24.5 Å². The number of ether oxygens (including phenoxy) is 2. The Morgan fingerprint density at radius 3 is 2.61 bits per heavy atom. The summed E-state index contributed by atoms with van der Waals surface area (Å²) in [5.74, 6) is -1.30. The number of carbonyl (C=O) groups is 3. The van der Waals surface area contributed by atoms with E-state index in [1.54, 1.807) is 38.2 Å². The van der Waals surface area contributed by atoms with Crippen molar-refractivity contribution in [3.63, 3.8) is 0 Å². The highest BCUT2D eigenvalue weighted by Crippen LogP contribution is 2.34. The molecule has 0 bridgehead atoms. The van der Waals surface area contributed by atoms with Crippen LogP contribution in [0.25, 0.3) is 12.2 Å². The number of thiophene rings is 2. The van der Waals surface area contributed by atoms with Crippen LogP contribution in [0, 0.1) is 6.92 Å². The van der Waals surface area contributed by atoms with E-state index in [9.17, 15) is 14.4 Å². The smallest absolute Gasteiger partial charge is 0.348 e. The molecule has 0 aliphatic heterocycles. The van der Waals surface area contributed by atoms with Crippen LogP contribution in [0.4, 0.5) is 5.00 Å². The number of carbonyl (C=O) groups excluding carboxylic acids is 3. The zero-order chi connectivity index (χ0) is 23.8. The second-order valence-electron chi connectivity index (χ2n) is 6.29. The number of aromatic nitrogens is 2. The molecule has 9 nitrogen and oxygen atoms in total. The first-order valence-corrected chi connectivity index (χ1v) is 12.6. The molecule has 0 radical (unpaired) electrons. The third-order valence-corrected chi connectivity index (χ3v) is 6.87. The monoisotopic (exact) mass is 507 g/mol. The summed E-state index contributed by atoms with van der Waals surface area (Å²) in [5.41, 5.74) is 0.543. The molecular weight excluding hydrogens is 486 g/mol. The van der Waals surface area contributed by atoms with Crippen molar-refractivity contribution in [1.82, 2.24) is 10.2 Å². The molecule has 3 rings (SSSR count). The SMILES string of the molecule is CCOC(=O)c1sc(NC(=O)CSc2nnc(/C=C/c3cccs3)o2)c(C(=O)OCC)c1C.